The molecule has 0 aliphatic carbocycles. The number of nitrogens with zero attached hydrogens (tertiary/aromatic N) is 2. The fraction of sp³-hybridized carbons (Fsp3) is 0.600. The van der Waals surface area contributed by atoms with E-state index in [0.717, 1.165) is 42.1 Å². The van der Waals surface area contributed by atoms with Gasteiger partial charge in [0.05, 0.1) is 18.0 Å². The number of rotatable bonds is 21. The van der Waals surface area contributed by atoms with Gasteiger partial charge in [-0.1, -0.05) is 89.7 Å². The second kappa shape index (κ2) is 21.5. The van der Waals surface area contributed by atoms with E-state index in [1.54, 1.807) is 0 Å². The molecule has 0 fully saturated rings. The van der Waals surface area contributed by atoms with Crippen LogP contribution in [0.1, 0.15) is 102 Å². The largest absolute Gasteiger partial charge is 2.00 e. The monoisotopic (exact) mass is 583 g/mol. The van der Waals surface area contributed by atoms with Gasteiger partial charge in [-0.05, 0) is 67.6 Å². The van der Waals surface area contributed by atoms with Gasteiger partial charge in [-0.15, -0.1) is 0 Å². The number of ether oxygens (including phenoxy) is 1. The fourth-order valence-corrected chi connectivity index (χ4v) is 4.83. The van der Waals surface area contributed by atoms with Crippen LogP contribution < -0.4 is 19.4 Å². The summed E-state index contributed by atoms with van der Waals surface area (Å²) in [6, 6.07) is 15.3. The molecule has 0 saturated heterocycles. The smallest absolute Gasteiger partial charge is 0.688 e. The van der Waals surface area contributed by atoms with Crippen molar-refractivity contribution in [2.24, 2.45) is 10.2 Å². The number of hydrogen-bond acceptors (Lipinski definition) is 6. The van der Waals surface area contributed by atoms with E-state index in [1.165, 1.54) is 70.6 Å². The first-order valence-electron chi connectivity index (χ1n) is 14.2. The zero-order valence-corrected chi connectivity index (χ0v) is 25.1. The van der Waals surface area contributed by atoms with Crippen molar-refractivity contribution in [1.82, 2.24) is 0 Å². The van der Waals surface area contributed by atoms with Gasteiger partial charge in [0.1, 0.15) is 5.75 Å². The summed E-state index contributed by atoms with van der Waals surface area (Å²) in [5, 5.41) is 8.57. The summed E-state index contributed by atoms with van der Waals surface area (Å²) in [4.78, 5) is 32.0. The standard InChI is InChI=1S/C30H47N2O4P.Mn/c1-2-3-4-5-6-7-8-9-10-11-12-14-25-36-30-23-21-29(22-24-30)32-31-28-19-17-27(18-20-28)16-13-15-26-37(33,34)35;/h17-24H,2-16,25-26H2,1H3,(H2,33,34,35);/q;+2/p-2. The SMILES string of the molecule is CCCCCCCCCCCCCCOc1ccc(N=Nc2ccc(CCCC[P+]([O-])([O-])[O-])cc2)cc1.[Mn+2]. The summed E-state index contributed by atoms with van der Waals surface area (Å²) in [5.74, 6) is 0.858. The summed E-state index contributed by atoms with van der Waals surface area (Å²) < 4.78 is 5.87. The van der Waals surface area contributed by atoms with Crippen molar-refractivity contribution < 1.29 is 36.5 Å². The zero-order chi connectivity index (χ0) is 26.6. The molecule has 0 N–H and O–H groups in total. The number of hydrogen-bond donors (Lipinski definition) is 0. The number of unbranched alkanes of at least 4 members (excludes halogenated alkanes) is 12. The van der Waals surface area contributed by atoms with Crippen LogP contribution in [0.3, 0.4) is 0 Å². The minimum Gasteiger partial charge on any atom is -0.688 e. The minimum absolute atomic E-state index is 0. The van der Waals surface area contributed by atoms with Crippen LogP contribution in [0.2, 0.25) is 0 Å². The Morgan fingerprint density at radius 3 is 1.58 bits per heavy atom. The first kappa shape index (κ1) is 34.7. The summed E-state index contributed by atoms with van der Waals surface area (Å²) in [7, 11) is -4.39. The molecule has 0 aromatic heterocycles. The van der Waals surface area contributed by atoms with Crippen LogP contribution in [0.15, 0.2) is 58.8 Å². The molecule has 0 spiro atoms. The van der Waals surface area contributed by atoms with E-state index in [1.807, 2.05) is 48.5 Å². The normalized spacial score (nSPS) is 11.6. The molecular formula is C30H45MnN2O4P. The Bertz CT molecular complexity index is 858. The van der Waals surface area contributed by atoms with E-state index in [2.05, 4.69) is 17.2 Å². The Kier molecular flexibility index (Phi) is 19.6. The molecule has 211 valence electrons. The molecule has 0 bridgehead atoms. The predicted molar refractivity (Wildman–Crippen MR) is 148 cm³/mol. The van der Waals surface area contributed by atoms with Crippen LogP contribution >= 0.6 is 7.94 Å². The van der Waals surface area contributed by atoms with Gasteiger partial charge in [0, 0.05) is 6.16 Å². The Balaban J connectivity index is 0.00000722. The first-order valence-corrected chi connectivity index (χ1v) is 15.9. The van der Waals surface area contributed by atoms with E-state index < -0.39 is 7.94 Å². The van der Waals surface area contributed by atoms with E-state index in [9.17, 15) is 14.7 Å². The molecule has 38 heavy (non-hydrogen) atoms. The number of azo groups is 1. The maximum atomic E-state index is 10.7. The predicted octanol–water partition coefficient (Wildman–Crippen LogP) is 7.35. The average Bonchev–Trinajstić information content (AvgIpc) is 2.89. The van der Waals surface area contributed by atoms with E-state index in [0.29, 0.717) is 12.8 Å². The Morgan fingerprint density at radius 1 is 0.605 bits per heavy atom. The van der Waals surface area contributed by atoms with Gasteiger partial charge < -0.3 is 19.4 Å². The summed E-state index contributed by atoms with van der Waals surface area (Å²) in [5.41, 5.74) is 2.60. The van der Waals surface area contributed by atoms with Gasteiger partial charge in [-0.2, -0.15) is 18.2 Å². The Hall–Kier alpha value is -1.33. The van der Waals surface area contributed by atoms with E-state index in [-0.39, 0.29) is 23.2 Å². The van der Waals surface area contributed by atoms with Gasteiger partial charge in [0.15, 0.2) is 0 Å². The molecular weight excluding hydrogens is 538 g/mol. The molecule has 2 aromatic carbocycles. The summed E-state index contributed by atoms with van der Waals surface area (Å²) >= 11 is 0. The molecule has 0 amide bonds. The van der Waals surface area contributed by atoms with Gasteiger partial charge in [-0.3, -0.25) is 0 Å². The third kappa shape index (κ3) is 18.0. The van der Waals surface area contributed by atoms with Crippen molar-refractivity contribution in [2.45, 2.75) is 103 Å². The van der Waals surface area contributed by atoms with Crippen LogP contribution in [-0.4, -0.2) is 12.8 Å². The summed E-state index contributed by atoms with van der Waals surface area (Å²) in [6.07, 6.45) is 17.6. The molecule has 1 radical (unpaired) electrons. The molecule has 0 atom stereocenters. The molecule has 6 nitrogen and oxygen atoms in total. The second-order valence-electron chi connectivity index (χ2n) is 9.89. The van der Waals surface area contributed by atoms with Crippen molar-refractivity contribution >= 4 is 19.3 Å². The van der Waals surface area contributed by atoms with Crippen molar-refractivity contribution in [2.75, 3.05) is 12.8 Å². The second-order valence-corrected chi connectivity index (χ2v) is 11.6. The van der Waals surface area contributed by atoms with Gasteiger partial charge >= 0.3 is 17.1 Å². The Morgan fingerprint density at radius 2 is 1.08 bits per heavy atom. The van der Waals surface area contributed by atoms with Crippen molar-refractivity contribution in [3.8, 4) is 5.75 Å². The van der Waals surface area contributed by atoms with Gasteiger partial charge in [0.2, 0.25) is 0 Å². The number of aryl methyl sites for hydroxylation is 1. The third-order valence-corrected chi connectivity index (χ3v) is 7.33. The van der Waals surface area contributed by atoms with Crippen LogP contribution in [0.5, 0.6) is 5.75 Å². The van der Waals surface area contributed by atoms with Crippen LogP contribution in [0.4, 0.5) is 11.4 Å². The van der Waals surface area contributed by atoms with Crippen LogP contribution in [-0.2, 0) is 23.5 Å². The number of benzene rings is 2. The minimum atomic E-state index is -4.39. The maximum absolute atomic E-state index is 10.7. The maximum Gasteiger partial charge on any atom is 2.00 e. The molecule has 0 heterocycles. The quantitative estimate of drug-likeness (QED) is 0.0664. The third-order valence-electron chi connectivity index (χ3n) is 6.47. The van der Waals surface area contributed by atoms with Gasteiger partial charge in [0.25, 0.3) is 0 Å². The van der Waals surface area contributed by atoms with Crippen molar-refractivity contribution in [1.29, 1.82) is 0 Å². The molecule has 0 unspecified atom stereocenters. The van der Waals surface area contributed by atoms with Gasteiger partial charge in [-0.25, -0.2) is 0 Å². The average molecular weight is 584 g/mol. The van der Waals surface area contributed by atoms with Crippen molar-refractivity contribution in [3.63, 3.8) is 0 Å². The molecule has 0 aliphatic heterocycles. The molecule has 8 heteroatoms. The molecule has 0 aliphatic rings. The van der Waals surface area contributed by atoms with Crippen molar-refractivity contribution in [3.05, 3.63) is 54.1 Å². The summed E-state index contributed by atoms with van der Waals surface area (Å²) in [6.45, 7) is 3.02. The fourth-order valence-electron chi connectivity index (χ4n) is 4.22. The van der Waals surface area contributed by atoms with E-state index in [4.69, 9.17) is 4.74 Å². The van der Waals surface area contributed by atoms with E-state index >= 15 is 0 Å². The molecule has 2 aromatic rings. The first-order chi connectivity index (χ1) is 18.0. The molecule has 2 rings (SSSR count). The Labute approximate surface area is 241 Å². The topological polar surface area (TPSA) is 103 Å². The van der Waals surface area contributed by atoms with Crippen LogP contribution in [0.25, 0.3) is 0 Å². The molecule has 0 saturated carbocycles. The van der Waals surface area contributed by atoms with Crippen LogP contribution in [0, 0.1) is 0 Å². The zero-order valence-electron chi connectivity index (χ0n) is 23.0.